The predicted molar refractivity (Wildman–Crippen MR) is 81.3 cm³/mol. The summed E-state index contributed by atoms with van der Waals surface area (Å²) in [5, 5.41) is 4.13. The lowest BCUT2D eigenvalue weighted by Crippen LogP contribution is -2.36. The molecule has 1 aromatic heterocycles. The number of benzene rings is 1. The zero-order valence-electron chi connectivity index (χ0n) is 12.5. The minimum absolute atomic E-state index is 0.0815. The molecule has 5 nitrogen and oxygen atoms in total. The van der Waals surface area contributed by atoms with Gasteiger partial charge < -0.3 is 4.52 Å². The van der Waals surface area contributed by atoms with E-state index in [4.69, 9.17) is 4.52 Å². The zero-order chi connectivity index (χ0) is 16.1. The molecule has 1 atom stereocenters. The van der Waals surface area contributed by atoms with E-state index in [2.05, 4.69) is 10.1 Å². The van der Waals surface area contributed by atoms with Gasteiger partial charge in [0.1, 0.15) is 5.82 Å². The van der Waals surface area contributed by atoms with E-state index >= 15 is 0 Å². The minimum Gasteiger partial charge on any atom is -0.339 e. The third-order valence-electron chi connectivity index (χ3n) is 5.06. The van der Waals surface area contributed by atoms with Crippen molar-refractivity contribution in [1.82, 2.24) is 10.1 Å². The Morgan fingerprint density at radius 1 is 1.22 bits per heavy atom. The summed E-state index contributed by atoms with van der Waals surface area (Å²) in [7, 11) is -2.99. The van der Waals surface area contributed by atoms with Crippen molar-refractivity contribution in [2.24, 2.45) is 0 Å². The molecule has 0 amide bonds. The summed E-state index contributed by atoms with van der Waals surface area (Å²) < 4.78 is 41.8. The highest BCUT2D eigenvalue weighted by molar-refractivity contribution is 7.91. The van der Waals surface area contributed by atoms with Gasteiger partial charge in [-0.05, 0) is 37.0 Å². The first-order valence-corrected chi connectivity index (χ1v) is 9.61. The van der Waals surface area contributed by atoms with Crippen LogP contribution in [0, 0.1) is 5.82 Å². The molecule has 0 bridgehead atoms. The number of hydrogen-bond donors (Lipinski definition) is 0. The van der Waals surface area contributed by atoms with Crippen molar-refractivity contribution in [3.05, 3.63) is 47.4 Å². The fourth-order valence-corrected chi connectivity index (χ4v) is 5.26. The summed E-state index contributed by atoms with van der Waals surface area (Å²) in [5.41, 5.74) is 0.656. The molecule has 1 saturated carbocycles. The van der Waals surface area contributed by atoms with E-state index in [0.717, 1.165) is 24.8 Å². The Labute approximate surface area is 133 Å². The average molecular weight is 336 g/mol. The van der Waals surface area contributed by atoms with Gasteiger partial charge in [-0.2, -0.15) is 4.98 Å². The molecule has 1 aliphatic carbocycles. The van der Waals surface area contributed by atoms with Gasteiger partial charge in [-0.1, -0.05) is 23.7 Å². The van der Waals surface area contributed by atoms with Gasteiger partial charge in [0.15, 0.2) is 15.7 Å². The van der Waals surface area contributed by atoms with Crippen molar-refractivity contribution in [2.45, 2.75) is 37.0 Å². The predicted octanol–water partition coefficient (Wildman–Crippen LogP) is 2.58. The fourth-order valence-electron chi connectivity index (χ4n) is 3.53. The quantitative estimate of drug-likeness (QED) is 0.861. The summed E-state index contributed by atoms with van der Waals surface area (Å²) in [5.74, 6) is 0.792. The second kappa shape index (κ2) is 5.12. The van der Waals surface area contributed by atoms with Crippen LogP contribution < -0.4 is 0 Å². The van der Waals surface area contributed by atoms with Crippen LogP contribution >= 0.6 is 0 Å². The van der Waals surface area contributed by atoms with Gasteiger partial charge in [0, 0.05) is 0 Å². The SMILES string of the molecule is O=S1(=O)CC[C@H](c2nc(C3(c4ccc(F)cc4)CCC3)no2)C1. The molecule has 122 valence electrons. The van der Waals surface area contributed by atoms with Gasteiger partial charge in [-0.25, -0.2) is 12.8 Å². The summed E-state index contributed by atoms with van der Waals surface area (Å²) >= 11 is 0. The van der Waals surface area contributed by atoms with Gasteiger partial charge in [0.05, 0.1) is 22.8 Å². The lowest BCUT2D eigenvalue weighted by Gasteiger charge is -2.39. The van der Waals surface area contributed by atoms with Crippen LogP contribution in [0.15, 0.2) is 28.8 Å². The van der Waals surface area contributed by atoms with E-state index in [1.54, 1.807) is 12.1 Å². The van der Waals surface area contributed by atoms with Crippen LogP contribution in [0.4, 0.5) is 4.39 Å². The highest BCUT2D eigenvalue weighted by Gasteiger charge is 2.45. The molecular weight excluding hydrogens is 319 g/mol. The van der Waals surface area contributed by atoms with Crippen LogP contribution in [-0.4, -0.2) is 30.1 Å². The van der Waals surface area contributed by atoms with E-state index in [1.807, 2.05) is 0 Å². The normalized spacial score (nSPS) is 25.2. The first kappa shape index (κ1) is 14.8. The van der Waals surface area contributed by atoms with Gasteiger partial charge >= 0.3 is 0 Å². The van der Waals surface area contributed by atoms with Crippen LogP contribution in [0.25, 0.3) is 0 Å². The molecule has 2 aromatic rings. The Morgan fingerprint density at radius 3 is 2.52 bits per heavy atom. The van der Waals surface area contributed by atoms with Gasteiger partial charge in [0.25, 0.3) is 0 Å². The summed E-state index contributed by atoms with van der Waals surface area (Å²) in [6.45, 7) is 0. The molecule has 2 aliphatic rings. The Kier molecular flexibility index (Phi) is 3.30. The number of rotatable bonds is 3. The smallest absolute Gasteiger partial charge is 0.230 e. The molecule has 0 N–H and O–H groups in total. The van der Waals surface area contributed by atoms with Crippen LogP contribution in [0.3, 0.4) is 0 Å². The third-order valence-corrected chi connectivity index (χ3v) is 6.82. The van der Waals surface area contributed by atoms with E-state index in [1.165, 1.54) is 12.1 Å². The van der Waals surface area contributed by atoms with Gasteiger partial charge in [0.2, 0.25) is 5.89 Å². The summed E-state index contributed by atoms with van der Waals surface area (Å²) in [6.07, 6.45) is 3.37. The largest absolute Gasteiger partial charge is 0.339 e. The molecule has 2 fully saturated rings. The molecular formula is C16H17FN2O3S. The summed E-state index contributed by atoms with van der Waals surface area (Å²) in [6, 6.07) is 6.43. The average Bonchev–Trinajstić information content (AvgIpc) is 3.07. The summed E-state index contributed by atoms with van der Waals surface area (Å²) in [4.78, 5) is 4.51. The maximum absolute atomic E-state index is 13.2. The molecule has 23 heavy (non-hydrogen) atoms. The van der Waals surface area contributed by atoms with Crippen molar-refractivity contribution in [2.75, 3.05) is 11.5 Å². The van der Waals surface area contributed by atoms with Gasteiger partial charge in [-0.3, -0.25) is 0 Å². The lowest BCUT2D eigenvalue weighted by atomic mass is 9.64. The first-order valence-electron chi connectivity index (χ1n) is 7.79. The van der Waals surface area contributed by atoms with Crippen molar-refractivity contribution in [3.63, 3.8) is 0 Å². The van der Waals surface area contributed by atoms with Gasteiger partial charge in [-0.15, -0.1) is 0 Å². The number of aromatic nitrogens is 2. The second-order valence-corrected chi connectivity index (χ2v) is 8.73. The Balaban J connectivity index is 1.66. The van der Waals surface area contributed by atoms with Crippen LogP contribution in [-0.2, 0) is 15.3 Å². The number of halogens is 1. The van der Waals surface area contributed by atoms with Crippen molar-refractivity contribution >= 4 is 9.84 Å². The Morgan fingerprint density at radius 2 is 1.96 bits per heavy atom. The van der Waals surface area contributed by atoms with E-state index in [-0.39, 0.29) is 28.7 Å². The van der Waals surface area contributed by atoms with Crippen LogP contribution in [0.2, 0.25) is 0 Å². The van der Waals surface area contributed by atoms with Crippen LogP contribution in [0.1, 0.15) is 48.9 Å². The highest BCUT2D eigenvalue weighted by atomic mass is 32.2. The molecule has 0 radical (unpaired) electrons. The standard InChI is InChI=1S/C16H17FN2O3S/c17-13-4-2-12(3-5-13)16(7-1-8-16)15-18-14(22-19-15)11-6-9-23(20,21)10-11/h2-5,11H,1,6-10H2/t11-/m0/s1. The maximum Gasteiger partial charge on any atom is 0.230 e. The molecule has 0 spiro atoms. The van der Waals surface area contributed by atoms with E-state index in [0.29, 0.717) is 18.1 Å². The fraction of sp³-hybridized carbons (Fsp3) is 0.500. The maximum atomic E-state index is 13.2. The monoisotopic (exact) mass is 336 g/mol. The number of hydrogen-bond acceptors (Lipinski definition) is 5. The molecule has 1 aromatic carbocycles. The highest BCUT2D eigenvalue weighted by Crippen LogP contribution is 2.48. The number of nitrogens with zero attached hydrogens (tertiary/aromatic N) is 2. The number of sulfone groups is 1. The Bertz CT molecular complexity index is 825. The molecule has 2 heterocycles. The molecule has 0 unspecified atom stereocenters. The molecule has 4 rings (SSSR count). The van der Waals surface area contributed by atoms with Crippen LogP contribution in [0.5, 0.6) is 0 Å². The lowest BCUT2D eigenvalue weighted by molar-refractivity contribution is 0.270. The first-order chi connectivity index (χ1) is 11.0. The molecule has 1 saturated heterocycles. The topological polar surface area (TPSA) is 73.1 Å². The molecule has 1 aliphatic heterocycles. The zero-order valence-corrected chi connectivity index (χ0v) is 13.4. The van der Waals surface area contributed by atoms with Crippen molar-refractivity contribution < 1.29 is 17.3 Å². The van der Waals surface area contributed by atoms with Crippen molar-refractivity contribution in [1.29, 1.82) is 0 Å². The Hall–Kier alpha value is -1.76. The van der Waals surface area contributed by atoms with E-state index in [9.17, 15) is 12.8 Å². The van der Waals surface area contributed by atoms with Crippen molar-refractivity contribution in [3.8, 4) is 0 Å². The van der Waals surface area contributed by atoms with E-state index < -0.39 is 9.84 Å². The third kappa shape index (κ3) is 2.47. The second-order valence-electron chi connectivity index (χ2n) is 6.50. The molecule has 7 heteroatoms. The minimum atomic E-state index is -2.99.